The van der Waals surface area contributed by atoms with Crippen molar-refractivity contribution in [1.29, 1.82) is 0 Å². The van der Waals surface area contributed by atoms with Crippen molar-refractivity contribution in [3.05, 3.63) is 108 Å². The van der Waals surface area contributed by atoms with Crippen LogP contribution in [0.1, 0.15) is 16.1 Å². The number of carbonyl (C=O) groups excluding carboxylic acids is 1. The van der Waals surface area contributed by atoms with Crippen LogP contribution in [-0.2, 0) is 6.54 Å². The van der Waals surface area contributed by atoms with Gasteiger partial charge in [0.25, 0.3) is 5.91 Å². The number of halogens is 2. The molecule has 34 heavy (non-hydrogen) atoms. The van der Waals surface area contributed by atoms with E-state index < -0.39 is 17.5 Å². The van der Waals surface area contributed by atoms with Gasteiger partial charge in [-0.1, -0.05) is 30.3 Å². The van der Waals surface area contributed by atoms with Crippen molar-refractivity contribution in [2.24, 2.45) is 0 Å². The molecule has 6 nitrogen and oxygen atoms in total. The maximum Gasteiger partial charge on any atom is 0.274 e. The fraction of sp³-hybridized carbons (Fsp3) is 0.0769. The molecule has 2 N–H and O–H groups in total. The van der Waals surface area contributed by atoms with Crippen LogP contribution < -0.4 is 20.1 Å². The number of ether oxygens (including phenoxy) is 2. The summed E-state index contributed by atoms with van der Waals surface area (Å²) in [6, 6.07) is 22.9. The second-order valence-electron chi connectivity index (χ2n) is 7.27. The number of nitrogens with one attached hydrogen (secondary N) is 2. The van der Waals surface area contributed by atoms with Gasteiger partial charge in [-0.3, -0.25) is 4.79 Å². The first kappa shape index (κ1) is 22.7. The van der Waals surface area contributed by atoms with Gasteiger partial charge in [-0.2, -0.15) is 0 Å². The van der Waals surface area contributed by atoms with Crippen molar-refractivity contribution in [2.75, 3.05) is 12.4 Å². The van der Waals surface area contributed by atoms with Crippen LogP contribution in [0.15, 0.2) is 84.9 Å². The van der Waals surface area contributed by atoms with Gasteiger partial charge in [-0.05, 0) is 54.1 Å². The zero-order valence-electron chi connectivity index (χ0n) is 18.2. The van der Waals surface area contributed by atoms with Gasteiger partial charge in [0, 0.05) is 18.3 Å². The average Bonchev–Trinajstić information content (AvgIpc) is 2.83. The highest BCUT2D eigenvalue weighted by molar-refractivity contribution is 5.95. The van der Waals surface area contributed by atoms with Crippen molar-refractivity contribution in [2.45, 2.75) is 6.54 Å². The summed E-state index contributed by atoms with van der Waals surface area (Å²) in [5.41, 5.74) is 1.06. The average molecular weight is 461 g/mol. The van der Waals surface area contributed by atoms with Gasteiger partial charge < -0.3 is 20.1 Å². The standard InChI is InChI=1S/C26H21F2N3O3/c1-33-23-11-12-24(30-20-14-18(27)13-19(28)15-20)31-25(23)26(32)29-16-17-7-9-22(10-8-17)34-21-5-3-2-4-6-21/h2-15H,16H2,1H3,(H,29,32)(H,30,31). The molecule has 0 unspecified atom stereocenters. The number of pyridine rings is 1. The van der Waals surface area contributed by atoms with Crippen molar-refractivity contribution in [3.8, 4) is 17.2 Å². The van der Waals surface area contributed by atoms with Gasteiger partial charge in [0.1, 0.15) is 34.7 Å². The number of rotatable bonds is 8. The number of carbonyl (C=O) groups is 1. The molecule has 1 heterocycles. The molecule has 8 heteroatoms. The molecule has 1 aromatic heterocycles. The van der Waals surface area contributed by atoms with Crippen LogP contribution in [-0.4, -0.2) is 18.0 Å². The van der Waals surface area contributed by atoms with Gasteiger partial charge in [-0.25, -0.2) is 13.8 Å². The molecule has 1 amide bonds. The van der Waals surface area contributed by atoms with Gasteiger partial charge in [0.15, 0.2) is 5.69 Å². The van der Waals surface area contributed by atoms with Crippen LogP contribution in [0, 0.1) is 11.6 Å². The lowest BCUT2D eigenvalue weighted by atomic mass is 10.2. The second kappa shape index (κ2) is 10.4. The minimum Gasteiger partial charge on any atom is -0.494 e. The summed E-state index contributed by atoms with van der Waals surface area (Å²) < 4.78 is 37.9. The SMILES string of the molecule is COc1ccc(Nc2cc(F)cc(F)c2)nc1C(=O)NCc1ccc(Oc2ccccc2)cc1. The fourth-order valence-electron chi connectivity index (χ4n) is 3.18. The number of methoxy groups -OCH3 is 1. The molecular formula is C26H21F2N3O3. The normalized spacial score (nSPS) is 10.4. The molecule has 0 spiro atoms. The molecule has 3 aromatic carbocycles. The maximum atomic E-state index is 13.5. The molecule has 4 aromatic rings. The van der Waals surface area contributed by atoms with E-state index >= 15 is 0 Å². The Hall–Kier alpha value is -4.46. The number of anilines is 2. The molecule has 172 valence electrons. The van der Waals surface area contributed by atoms with E-state index in [2.05, 4.69) is 15.6 Å². The maximum absolute atomic E-state index is 13.5. The third-order valence-electron chi connectivity index (χ3n) is 4.78. The van der Waals surface area contributed by atoms with Gasteiger partial charge in [0.2, 0.25) is 0 Å². The van der Waals surface area contributed by atoms with Crippen LogP contribution in [0.2, 0.25) is 0 Å². The minimum absolute atomic E-state index is 0.0356. The second-order valence-corrected chi connectivity index (χ2v) is 7.27. The number of para-hydroxylation sites is 1. The van der Waals surface area contributed by atoms with Gasteiger partial charge >= 0.3 is 0 Å². The summed E-state index contributed by atoms with van der Waals surface area (Å²) in [6.45, 7) is 0.252. The van der Waals surface area contributed by atoms with Crippen molar-refractivity contribution < 1.29 is 23.0 Å². The lowest BCUT2D eigenvalue weighted by Gasteiger charge is -2.12. The third kappa shape index (κ3) is 5.86. The Morgan fingerprint density at radius 3 is 2.24 bits per heavy atom. The highest BCUT2D eigenvalue weighted by Crippen LogP contribution is 2.24. The van der Waals surface area contributed by atoms with Crippen LogP contribution in [0.3, 0.4) is 0 Å². The molecule has 0 fully saturated rings. The molecular weight excluding hydrogens is 440 g/mol. The monoisotopic (exact) mass is 461 g/mol. The van der Waals surface area contributed by atoms with E-state index in [1.54, 1.807) is 12.1 Å². The first-order chi connectivity index (χ1) is 16.5. The Labute approximate surface area is 195 Å². The molecule has 0 bridgehead atoms. The Kier molecular flexibility index (Phi) is 6.98. The summed E-state index contributed by atoms with van der Waals surface area (Å²) in [7, 11) is 1.42. The van der Waals surface area contributed by atoms with E-state index in [1.165, 1.54) is 7.11 Å². The number of hydrogen-bond acceptors (Lipinski definition) is 5. The lowest BCUT2D eigenvalue weighted by Crippen LogP contribution is -2.24. The number of hydrogen-bond donors (Lipinski definition) is 2. The summed E-state index contributed by atoms with van der Waals surface area (Å²) >= 11 is 0. The van der Waals surface area contributed by atoms with Crippen molar-refractivity contribution in [1.82, 2.24) is 10.3 Å². The van der Waals surface area contributed by atoms with E-state index in [4.69, 9.17) is 9.47 Å². The molecule has 0 saturated heterocycles. The van der Waals surface area contributed by atoms with Gasteiger partial charge in [-0.15, -0.1) is 0 Å². The number of amides is 1. The first-order valence-corrected chi connectivity index (χ1v) is 10.4. The van der Waals surface area contributed by atoms with Crippen LogP contribution >= 0.6 is 0 Å². The summed E-state index contributed by atoms with van der Waals surface area (Å²) in [6.07, 6.45) is 0. The topological polar surface area (TPSA) is 72.5 Å². The Morgan fingerprint density at radius 2 is 1.56 bits per heavy atom. The van der Waals surface area contributed by atoms with E-state index in [1.807, 2.05) is 54.6 Å². The highest BCUT2D eigenvalue weighted by Gasteiger charge is 2.15. The quantitative estimate of drug-likeness (QED) is 0.345. The van der Waals surface area contributed by atoms with Crippen LogP contribution in [0.4, 0.5) is 20.3 Å². The highest BCUT2D eigenvalue weighted by atomic mass is 19.1. The van der Waals surface area contributed by atoms with E-state index in [0.717, 1.165) is 29.5 Å². The van der Waals surface area contributed by atoms with Crippen molar-refractivity contribution >= 4 is 17.4 Å². The molecule has 0 atom stereocenters. The fourth-order valence-corrected chi connectivity index (χ4v) is 3.18. The van der Waals surface area contributed by atoms with Gasteiger partial charge in [0.05, 0.1) is 7.11 Å². The van der Waals surface area contributed by atoms with Crippen molar-refractivity contribution in [3.63, 3.8) is 0 Å². The molecule has 0 aliphatic rings. The Balaban J connectivity index is 1.42. The Morgan fingerprint density at radius 1 is 0.882 bits per heavy atom. The van der Waals surface area contributed by atoms with E-state index in [0.29, 0.717) is 5.75 Å². The smallest absolute Gasteiger partial charge is 0.274 e. The molecule has 0 aliphatic heterocycles. The number of aromatic nitrogens is 1. The predicted molar refractivity (Wildman–Crippen MR) is 125 cm³/mol. The van der Waals surface area contributed by atoms with Crippen LogP contribution in [0.25, 0.3) is 0 Å². The number of nitrogens with zero attached hydrogens (tertiary/aromatic N) is 1. The Bertz CT molecular complexity index is 1260. The lowest BCUT2D eigenvalue weighted by molar-refractivity contribution is 0.0942. The largest absolute Gasteiger partial charge is 0.494 e. The molecule has 0 radical (unpaired) electrons. The first-order valence-electron chi connectivity index (χ1n) is 10.4. The molecule has 0 aliphatic carbocycles. The van der Waals surface area contributed by atoms with E-state index in [9.17, 15) is 13.6 Å². The van der Waals surface area contributed by atoms with E-state index in [-0.39, 0.29) is 29.5 Å². The number of benzene rings is 3. The molecule has 0 saturated carbocycles. The summed E-state index contributed by atoms with van der Waals surface area (Å²) in [5.74, 6) is -0.00863. The van der Waals surface area contributed by atoms with Crippen LogP contribution in [0.5, 0.6) is 17.2 Å². The summed E-state index contributed by atoms with van der Waals surface area (Å²) in [5, 5.41) is 5.59. The zero-order valence-corrected chi connectivity index (χ0v) is 18.2. The summed E-state index contributed by atoms with van der Waals surface area (Å²) in [4.78, 5) is 17.1. The zero-order chi connectivity index (χ0) is 23.9. The predicted octanol–water partition coefficient (Wildman–Crippen LogP) is 5.83. The minimum atomic E-state index is -0.728. The third-order valence-corrected chi connectivity index (χ3v) is 4.78. The molecule has 4 rings (SSSR count).